The maximum atomic E-state index is 12.1. The first kappa shape index (κ1) is 15.6. The Morgan fingerprint density at radius 2 is 1.83 bits per heavy atom. The summed E-state index contributed by atoms with van der Waals surface area (Å²) in [5.41, 5.74) is 1.75. The topological polar surface area (TPSA) is 38.3 Å². The highest BCUT2D eigenvalue weighted by Gasteiger charge is 2.06. The van der Waals surface area contributed by atoms with Crippen LogP contribution in [0.15, 0.2) is 65.1 Å². The molecule has 23 heavy (non-hydrogen) atoms. The van der Waals surface area contributed by atoms with E-state index in [9.17, 15) is 4.79 Å². The zero-order valence-corrected chi connectivity index (χ0v) is 14.3. The number of hydrogen-bond acceptors (Lipinski definition) is 2. The van der Waals surface area contributed by atoms with Crippen molar-refractivity contribution in [1.29, 1.82) is 0 Å². The van der Waals surface area contributed by atoms with Crippen LogP contribution in [0.4, 0.5) is 5.69 Å². The fourth-order valence-electron chi connectivity index (χ4n) is 2.38. The number of anilines is 1. The lowest BCUT2D eigenvalue weighted by atomic mass is 10.1. The molecule has 0 unspecified atom stereocenters. The van der Waals surface area contributed by atoms with E-state index in [-0.39, 0.29) is 12.5 Å². The van der Waals surface area contributed by atoms with Gasteiger partial charge in [0, 0.05) is 10.2 Å². The molecular formula is C19H16BrNO2. The number of hydrogen-bond donors (Lipinski definition) is 1. The van der Waals surface area contributed by atoms with E-state index in [0.717, 1.165) is 26.5 Å². The van der Waals surface area contributed by atoms with Crippen molar-refractivity contribution in [1.82, 2.24) is 0 Å². The van der Waals surface area contributed by atoms with Crippen molar-refractivity contribution in [2.45, 2.75) is 6.92 Å². The van der Waals surface area contributed by atoms with E-state index in [1.165, 1.54) is 0 Å². The molecular weight excluding hydrogens is 354 g/mol. The minimum Gasteiger partial charge on any atom is -0.483 e. The molecule has 3 rings (SSSR count). The molecule has 0 heterocycles. The average Bonchev–Trinajstić information content (AvgIpc) is 2.54. The Balaban J connectivity index is 1.64. The van der Waals surface area contributed by atoms with Crippen LogP contribution in [0.1, 0.15) is 5.56 Å². The van der Waals surface area contributed by atoms with Gasteiger partial charge in [-0.15, -0.1) is 0 Å². The molecule has 0 aliphatic rings. The number of fused-ring (bicyclic) bond motifs is 1. The van der Waals surface area contributed by atoms with Gasteiger partial charge < -0.3 is 10.1 Å². The number of halogens is 1. The van der Waals surface area contributed by atoms with Gasteiger partial charge in [0.25, 0.3) is 5.91 Å². The maximum absolute atomic E-state index is 12.1. The Morgan fingerprint density at radius 3 is 2.61 bits per heavy atom. The lowest BCUT2D eigenvalue weighted by Crippen LogP contribution is -2.20. The van der Waals surface area contributed by atoms with Gasteiger partial charge >= 0.3 is 0 Å². The molecule has 0 aliphatic carbocycles. The van der Waals surface area contributed by atoms with Crippen LogP contribution >= 0.6 is 15.9 Å². The van der Waals surface area contributed by atoms with Crippen LogP contribution in [0.2, 0.25) is 0 Å². The highest BCUT2D eigenvalue weighted by molar-refractivity contribution is 9.10. The number of carbonyl (C=O) groups excluding carboxylic acids is 1. The third-order valence-corrected chi connectivity index (χ3v) is 4.02. The van der Waals surface area contributed by atoms with Gasteiger partial charge in [0.1, 0.15) is 5.75 Å². The van der Waals surface area contributed by atoms with E-state index in [4.69, 9.17) is 4.74 Å². The smallest absolute Gasteiger partial charge is 0.262 e. The minimum atomic E-state index is -0.178. The first-order chi connectivity index (χ1) is 11.1. The van der Waals surface area contributed by atoms with E-state index < -0.39 is 0 Å². The third-order valence-electron chi connectivity index (χ3n) is 3.53. The van der Waals surface area contributed by atoms with Crippen LogP contribution in [0.3, 0.4) is 0 Å². The molecule has 4 heteroatoms. The molecule has 1 amide bonds. The predicted octanol–water partition coefficient (Wildman–Crippen LogP) is 4.93. The summed E-state index contributed by atoms with van der Waals surface area (Å²) in [5, 5.41) is 5.10. The molecule has 0 saturated carbocycles. The van der Waals surface area contributed by atoms with Crippen LogP contribution < -0.4 is 10.1 Å². The van der Waals surface area contributed by atoms with Gasteiger partial charge in [-0.3, -0.25) is 4.79 Å². The summed E-state index contributed by atoms with van der Waals surface area (Å²) in [6, 6.07) is 19.6. The lowest BCUT2D eigenvalue weighted by Gasteiger charge is -2.10. The fraction of sp³-hybridized carbons (Fsp3) is 0.105. The molecule has 3 nitrogen and oxygen atoms in total. The number of rotatable bonds is 4. The van der Waals surface area contributed by atoms with Crippen molar-refractivity contribution in [3.63, 3.8) is 0 Å². The Morgan fingerprint density at radius 1 is 1.04 bits per heavy atom. The van der Waals surface area contributed by atoms with Crippen molar-refractivity contribution in [3.8, 4) is 5.75 Å². The van der Waals surface area contributed by atoms with Crippen LogP contribution in [-0.4, -0.2) is 12.5 Å². The van der Waals surface area contributed by atoms with Crippen molar-refractivity contribution < 1.29 is 9.53 Å². The Labute approximate surface area is 143 Å². The quantitative estimate of drug-likeness (QED) is 0.707. The molecule has 0 radical (unpaired) electrons. The normalized spacial score (nSPS) is 10.5. The first-order valence-electron chi connectivity index (χ1n) is 7.29. The molecule has 0 atom stereocenters. The number of amides is 1. The summed E-state index contributed by atoms with van der Waals surface area (Å²) in [6.07, 6.45) is 0. The minimum absolute atomic E-state index is 0.0186. The Bertz CT molecular complexity index is 861. The number of benzene rings is 3. The summed E-state index contributed by atoms with van der Waals surface area (Å²) in [6.45, 7) is 1.93. The van der Waals surface area contributed by atoms with Crippen LogP contribution in [0.5, 0.6) is 5.75 Å². The highest BCUT2D eigenvalue weighted by Crippen LogP contribution is 2.22. The highest BCUT2D eigenvalue weighted by atomic mass is 79.9. The van der Waals surface area contributed by atoms with Crippen LogP contribution in [-0.2, 0) is 4.79 Å². The van der Waals surface area contributed by atoms with E-state index >= 15 is 0 Å². The zero-order valence-electron chi connectivity index (χ0n) is 12.7. The van der Waals surface area contributed by atoms with E-state index in [1.807, 2.05) is 67.6 Å². The van der Waals surface area contributed by atoms with E-state index in [0.29, 0.717) is 5.75 Å². The van der Waals surface area contributed by atoms with Crippen molar-refractivity contribution in [2.75, 3.05) is 11.9 Å². The summed E-state index contributed by atoms with van der Waals surface area (Å²) in [5.74, 6) is 0.532. The standard InChI is InChI=1S/C19H16BrNO2/c1-13-10-16(20)7-9-18(13)23-12-19(22)21-17-8-6-14-4-2-3-5-15(14)11-17/h2-11H,12H2,1H3,(H,21,22). The predicted molar refractivity (Wildman–Crippen MR) is 97.0 cm³/mol. The first-order valence-corrected chi connectivity index (χ1v) is 8.09. The van der Waals surface area contributed by atoms with Gasteiger partial charge in [-0.2, -0.15) is 0 Å². The molecule has 0 saturated heterocycles. The number of nitrogens with one attached hydrogen (secondary N) is 1. The largest absolute Gasteiger partial charge is 0.483 e. The number of carbonyl (C=O) groups is 1. The molecule has 0 spiro atoms. The second kappa shape index (κ2) is 6.84. The summed E-state index contributed by atoms with van der Waals surface area (Å²) in [4.78, 5) is 12.1. The van der Waals surface area contributed by atoms with Crippen LogP contribution in [0.25, 0.3) is 10.8 Å². The summed E-state index contributed by atoms with van der Waals surface area (Å²) >= 11 is 3.41. The second-order valence-electron chi connectivity index (χ2n) is 5.31. The second-order valence-corrected chi connectivity index (χ2v) is 6.22. The monoisotopic (exact) mass is 369 g/mol. The molecule has 0 aliphatic heterocycles. The molecule has 0 fully saturated rings. The molecule has 1 N–H and O–H groups in total. The number of ether oxygens (including phenoxy) is 1. The Hall–Kier alpha value is -2.33. The lowest BCUT2D eigenvalue weighted by molar-refractivity contribution is -0.118. The van der Waals surface area contributed by atoms with Gasteiger partial charge in [-0.05, 0) is 53.6 Å². The van der Waals surface area contributed by atoms with E-state index in [1.54, 1.807) is 0 Å². The van der Waals surface area contributed by atoms with Crippen molar-refractivity contribution in [3.05, 3.63) is 70.7 Å². The SMILES string of the molecule is Cc1cc(Br)ccc1OCC(=O)Nc1ccc2ccccc2c1. The van der Waals surface area contributed by atoms with Crippen molar-refractivity contribution in [2.24, 2.45) is 0 Å². The summed E-state index contributed by atoms with van der Waals surface area (Å²) in [7, 11) is 0. The number of aryl methyl sites for hydroxylation is 1. The van der Waals surface area contributed by atoms with Gasteiger partial charge in [-0.1, -0.05) is 46.3 Å². The molecule has 0 bridgehead atoms. The third kappa shape index (κ3) is 3.90. The van der Waals surface area contributed by atoms with Gasteiger partial charge in [-0.25, -0.2) is 0 Å². The van der Waals surface area contributed by atoms with Crippen LogP contribution in [0, 0.1) is 6.92 Å². The molecule has 3 aromatic carbocycles. The van der Waals surface area contributed by atoms with Gasteiger partial charge in [0.15, 0.2) is 6.61 Å². The Kier molecular flexibility index (Phi) is 4.63. The molecule has 3 aromatic rings. The zero-order chi connectivity index (χ0) is 16.2. The molecule has 0 aromatic heterocycles. The molecule has 116 valence electrons. The van der Waals surface area contributed by atoms with Crippen molar-refractivity contribution >= 4 is 38.3 Å². The van der Waals surface area contributed by atoms with Gasteiger partial charge in [0.2, 0.25) is 0 Å². The average molecular weight is 370 g/mol. The van der Waals surface area contributed by atoms with Gasteiger partial charge in [0.05, 0.1) is 0 Å². The fourth-order valence-corrected chi connectivity index (χ4v) is 2.86. The van der Waals surface area contributed by atoms with E-state index in [2.05, 4.69) is 21.2 Å². The summed E-state index contributed by atoms with van der Waals surface area (Å²) < 4.78 is 6.57. The maximum Gasteiger partial charge on any atom is 0.262 e.